The second-order valence-electron chi connectivity index (χ2n) is 9.25. The zero-order valence-corrected chi connectivity index (χ0v) is 20.0. The maximum absolute atomic E-state index is 6.25. The molecule has 0 saturated heterocycles. The number of hydrogen-bond donors (Lipinski definition) is 0. The van der Waals surface area contributed by atoms with Crippen LogP contribution in [0.15, 0.2) is 127 Å². The quantitative estimate of drug-likeness (QED) is 0.269. The third-order valence-corrected chi connectivity index (χ3v) is 6.90. The zero-order chi connectivity index (χ0) is 24.6. The third kappa shape index (κ3) is 4.03. The van der Waals surface area contributed by atoms with Gasteiger partial charge in [0.05, 0.1) is 0 Å². The molecule has 1 aliphatic heterocycles. The van der Waals surface area contributed by atoms with Crippen LogP contribution in [0.25, 0.3) is 45.3 Å². The Labute approximate surface area is 215 Å². The molecule has 0 radical (unpaired) electrons. The predicted molar refractivity (Wildman–Crippen MR) is 147 cm³/mol. The number of rotatable bonds is 4. The van der Waals surface area contributed by atoms with Crippen LogP contribution in [0.5, 0.6) is 5.75 Å². The van der Waals surface area contributed by atoms with E-state index in [4.69, 9.17) is 19.7 Å². The van der Waals surface area contributed by atoms with Crippen LogP contribution in [0.1, 0.15) is 11.5 Å². The Morgan fingerprint density at radius 3 is 1.70 bits per heavy atom. The molecule has 37 heavy (non-hydrogen) atoms. The number of aromatic nitrogens is 3. The van der Waals surface area contributed by atoms with E-state index in [1.807, 2.05) is 42.5 Å². The topological polar surface area (TPSA) is 47.9 Å². The van der Waals surface area contributed by atoms with Crippen molar-refractivity contribution in [3.05, 3.63) is 133 Å². The van der Waals surface area contributed by atoms with Gasteiger partial charge in [-0.25, -0.2) is 15.0 Å². The lowest BCUT2D eigenvalue weighted by molar-refractivity contribution is 0.269. The Morgan fingerprint density at radius 1 is 0.486 bits per heavy atom. The number of hydrogen-bond acceptors (Lipinski definition) is 4. The van der Waals surface area contributed by atoms with Crippen molar-refractivity contribution >= 4 is 0 Å². The van der Waals surface area contributed by atoms with Crippen molar-refractivity contribution < 1.29 is 4.74 Å². The van der Waals surface area contributed by atoms with Gasteiger partial charge in [0, 0.05) is 28.2 Å². The Hall–Kier alpha value is -4.83. The fourth-order valence-electron chi connectivity index (χ4n) is 4.97. The van der Waals surface area contributed by atoms with E-state index in [-0.39, 0.29) is 12.0 Å². The molecule has 0 bridgehead atoms. The summed E-state index contributed by atoms with van der Waals surface area (Å²) in [7, 11) is 0. The van der Waals surface area contributed by atoms with E-state index >= 15 is 0 Å². The first-order chi connectivity index (χ1) is 18.3. The Balaban J connectivity index is 1.31. The highest BCUT2D eigenvalue weighted by atomic mass is 16.5. The molecule has 176 valence electrons. The van der Waals surface area contributed by atoms with E-state index in [0.717, 1.165) is 28.0 Å². The Kier molecular flexibility index (Phi) is 5.21. The Bertz CT molecular complexity index is 1640. The van der Waals surface area contributed by atoms with Crippen LogP contribution in [0.2, 0.25) is 0 Å². The van der Waals surface area contributed by atoms with Crippen molar-refractivity contribution in [2.45, 2.75) is 12.0 Å². The van der Waals surface area contributed by atoms with Gasteiger partial charge in [0.15, 0.2) is 17.5 Å². The average molecular weight is 478 g/mol. The normalized spacial score (nSPS) is 17.2. The molecule has 2 unspecified atom stereocenters. The maximum atomic E-state index is 6.25. The van der Waals surface area contributed by atoms with E-state index in [1.165, 1.54) is 11.1 Å². The van der Waals surface area contributed by atoms with Crippen LogP contribution in [-0.2, 0) is 0 Å². The highest BCUT2D eigenvalue weighted by Gasteiger charge is 2.32. The van der Waals surface area contributed by atoms with Gasteiger partial charge in [0.25, 0.3) is 0 Å². The van der Waals surface area contributed by atoms with E-state index in [1.54, 1.807) is 0 Å². The van der Waals surface area contributed by atoms with Crippen LogP contribution in [0.3, 0.4) is 0 Å². The molecule has 0 saturated carbocycles. The van der Waals surface area contributed by atoms with Gasteiger partial charge < -0.3 is 4.74 Å². The maximum Gasteiger partial charge on any atom is 0.164 e. The fourth-order valence-corrected chi connectivity index (χ4v) is 4.97. The summed E-state index contributed by atoms with van der Waals surface area (Å²) in [4.78, 5) is 14.6. The lowest BCUT2D eigenvalue weighted by atomic mass is 9.91. The van der Waals surface area contributed by atoms with Crippen LogP contribution in [-0.4, -0.2) is 21.1 Å². The van der Waals surface area contributed by atoms with E-state index in [0.29, 0.717) is 17.5 Å². The number of ether oxygens (including phenoxy) is 1. The number of nitrogens with zero attached hydrogens (tertiary/aromatic N) is 3. The first-order valence-electron chi connectivity index (χ1n) is 12.5. The van der Waals surface area contributed by atoms with Crippen molar-refractivity contribution in [3.8, 4) is 51.0 Å². The molecule has 0 fully saturated rings. The molecule has 2 aliphatic rings. The molecule has 0 N–H and O–H groups in total. The molecule has 5 aromatic rings. The van der Waals surface area contributed by atoms with Gasteiger partial charge in [-0.05, 0) is 23.3 Å². The van der Waals surface area contributed by atoms with Crippen LogP contribution >= 0.6 is 0 Å². The monoisotopic (exact) mass is 477 g/mol. The van der Waals surface area contributed by atoms with Crippen LogP contribution in [0, 0.1) is 0 Å². The molecule has 1 aromatic heterocycles. The lowest BCUT2D eigenvalue weighted by Crippen LogP contribution is -2.15. The minimum atomic E-state index is 0.0483. The molecule has 4 heteroatoms. The summed E-state index contributed by atoms with van der Waals surface area (Å²) in [5, 5.41) is 0. The predicted octanol–water partition coefficient (Wildman–Crippen LogP) is 7.51. The highest BCUT2D eigenvalue weighted by molar-refractivity contribution is 5.71. The van der Waals surface area contributed by atoms with Crippen molar-refractivity contribution in [1.82, 2.24) is 15.0 Å². The SMILES string of the molecule is C1=CC2Oc3cc(-c4nc(-c5ccccc5)nc(-c5ccc(-c6ccccc6)cc5)n4)ccc3C2C=C1. The van der Waals surface area contributed by atoms with Crippen molar-refractivity contribution in [2.24, 2.45) is 0 Å². The molecule has 0 amide bonds. The first kappa shape index (κ1) is 21.5. The number of allylic oxidation sites excluding steroid dienone is 2. The molecule has 1 aliphatic carbocycles. The van der Waals surface area contributed by atoms with Gasteiger partial charge in [0.1, 0.15) is 11.9 Å². The fraction of sp³-hybridized carbons (Fsp3) is 0.0606. The van der Waals surface area contributed by atoms with Crippen molar-refractivity contribution in [2.75, 3.05) is 0 Å². The van der Waals surface area contributed by atoms with Gasteiger partial charge in [-0.15, -0.1) is 0 Å². The van der Waals surface area contributed by atoms with Gasteiger partial charge in [-0.2, -0.15) is 0 Å². The van der Waals surface area contributed by atoms with Gasteiger partial charge in [0.2, 0.25) is 0 Å². The zero-order valence-electron chi connectivity index (χ0n) is 20.0. The lowest BCUT2D eigenvalue weighted by Gasteiger charge is -2.13. The summed E-state index contributed by atoms with van der Waals surface area (Å²) < 4.78 is 6.25. The van der Waals surface area contributed by atoms with Gasteiger partial charge >= 0.3 is 0 Å². The summed E-state index contributed by atoms with van der Waals surface area (Å²) in [5.41, 5.74) is 6.34. The molecule has 4 nitrogen and oxygen atoms in total. The summed E-state index contributed by atoms with van der Waals surface area (Å²) in [6, 6.07) is 35.1. The molecule has 0 spiro atoms. The minimum Gasteiger partial charge on any atom is -0.485 e. The summed E-state index contributed by atoms with van der Waals surface area (Å²) >= 11 is 0. The minimum absolute atomic E-state index is 0.0483. The smallest absolute Gasteiger partial charge is 0.164 e. The standard InChI is InChI=1S/C33H23N3O/c1-3-9-22(10-4-1)23-15-17-25(18-16-23)32-34-31(24-11-5-2-6-12-24)35-33(36-32)26-19-20-28-27-13-7-8-14-29(27)37-30(28)21-26/h1-21,27,29H. The molecular weight excluding hydrogens is 454 g/mol. The van der Waals surface area contributed by atoms with Crippen molar-refractivity contribution in [1.29, 1.82) is 0 Å². The van der Waals surface area contributed by atoms with Crippen LogP contribution in [0.4, 0.5) is 0 Å². The second kappa shape index (κ2) is 8.99. The van der Waals surface area contributed by atoms with E-state index in [9.17, 15) is 0 Å². The summed E-state index contributed by atoms with van der Waals surface area (Å²) in [5.74, 6) is 3.06. The first-order valence-corrected chi connectivity index (χ1v) is 12.5. The third-order valence-electron chi connectivity index (χ3n) is 6.90. The Morgan fingerprint density at radius 2 is 1.00 bits per heavy atom. The molecule has 4 aromatic carbocycles. The summed E-state index contributed by atoms with van der Waals surface area (Å²) in [6.45, 7) is 0. The molecule has 2 heterocycles. The van der Waals surface area contributed by atoms with Crippen molar-refractivity contribution in [3.63, 3.8) is 0 Å². The molecule has 7 rings (SSSR count). The summed E-state index contributed by atoms with van der Waals surface area (Å²) in [6.07, 6.45) is 8.48. The van der Waals surface area contributed by atoms with Gasteiger partial charge in [-0.3, -0.25) is 0 Å². The largest absolute Gasteiger partial charge is 0.485 e. The number of benzene rings is 4. The molecular formula is C33H23N3O. The van der Waals surface area contributed by atoms with E-state index in [2.05, 4.69) is 85.0 Å². The van der Waals surface area contributed by atoms with E-state index < -0.39 is 0 Å². The van der Waals surface area contributed by atoms with Crippen LogP contribution < -0.4 is 4.74 Å². The van der Waals surface area contributed by atoms with Gasteiger partial charge in [-0.1, -0.05) is 115 Å². The number of fused-ring (bicyclic) bond motifs is 3. The highest BCUT2D eigenvalue weighted by Crippen LogP contribution is 2.42. The average Bonchev–Trinajstić information content (AvgIpc) is 3.36. The second-order valence-corrected chi connectivity index (χ2v) is 9.25. The molecule has 2 atom stereocenters.